The first-order valence-electron chi connectivity index (χ1n) is 8.17. The Kier molecular flexibility index (Phi) is 6.88. The summed E-state index contributed by atoms with van der Waals surface area (Å²) in [6, 6.07) is 22.2. The van der Waals surface area contributed by atoms with Crippen LogP contribution < -0.4 is 5.73 Å². The molecule has 3 aromatic carbocycles. The predicted octanol–water partition coefficient (Wildman–Crippen LogP) is 3.11. The van der Waals surface area contributed by atoms with Crippen LogP contribution in [0.3, 0.4) is 0 Å². The molecule has 0 bridgehead atoms. The molecule has 5 nitrogen and oxygen atoms in total. The van der Waals surface area contributed by atoms with Crippen molar-refractivity contribution in [3.8, 4) is 0 Å². The summed E-state index contributed by atoms with van der Waals surface area (Å²) in [6.45, 7) is 0. The highest BCUT2D eigenvalue weighted by Gasteiger charge is 2.10. The first-order valence-corrected chi connectivity index (χ1v) is 8.17. The average Bonchev–Trinajstić information content (AvgIpc) is 2.62. The number of fused-ring (bicyclic) bond motifs is 1. The highest BCUT2D eigenvalue weighted by molar-refractivity contribution is 5.84. The van der Waals surface area contributed by atoms with Gasteiger partial charge >= 0.3 is 11.9 Å². The maximum absolute atomic E-state index is 10.5. The van der Waals surface area contributed by atoms with E-state index in [1.807, 2.05) is 72.8 Å². The molecule has 4 N–H and O–H groups in total. The van der Waals surface area contributed by atoms with Gasteiger partial charge in [-0.15, -0.1) is 0 Å². The lowest BCUT2D eigenvalue weighted by molar-refractivity contribution is -0.138. The normalized spacial score (nSPS) is 11.3. The third-order valence-electron chi connectivity index (χ3n) is 3.78. The van der Waals surface area contributed by atoms with Crippen molar-refractivity contribution < 1.29 is 19.8 Å². The zero-order valence-corrected chi connectivity index (χ0v) is 14.2. The number of hydrogen-bond donors (Lipinski definition) is 3. The number of carbonyl (C=O) groups is 2. The molecule has 0 saturated carbocycles. The second-order valence-electron chi connectivity index (χ2n) is 5.89. The van der Waals surface area contributed by atoms with Gasteiger partial charge in [0.05, 0.1) is 6.42 Å². The van der Waals surface area contributed by atoms with Gasteiger partial charge < -0.3 is 15.9 Å². The van der Waals surface area contributed by atoms with Gasteiger partial charge in [0.25, 0.3) is 0 Å². The van der Waals surface area contributed by atoms with E-state index in [2.05, 4.69) is 0 Å². The van der Waals surface area contributed by atoms with Crippen LogP contribution >= 0.6 is 0 Å². The molecular formula is C21H21NO4. The van der Waals surface area contributed by atoms with Crippen LogP contribution in [0.4, 0.5) is 0 Å². The Morgan fingerprint density at radius 3 is 2.04 bits per heavy atom. The van der Waals surface area contributed by atoms with Crippen molar-refractivity contribution in [1.82, 2.24) is 0 Å². The minimum atomic E-state index is -0.959. The Hall–Kier alpha value is -3.18. The van der Waals surface area contributed by atoms with E-state index in [4.69, 9.17) is 15.9 Å². The summed E-state index contributed by atoms with van der Waals surface area (Å²) in [4.78, 5) is 20.9. The Balaban J connectivity index is 0.000000190. The maximum Gasteiger partial charge on any atom is 0.320 e. The standard InChI is InChI=1S/C12H10O2.C9H11NO2/c13-12(14)8-9-5-6-10-3-1-2-4-11(10)7-9;10-8(9(11)12)6-7-4-2-1-3-5-7/h1-7H,8H2,(H,13,14);1-5,8H,6,10H2,(H,11,12). The quantitative estimate of drug-likeness (QED) is 0.656. The summed E-state index contributed by atoms with van der Waals surface area (Å²) >= 11 is 0. The molecule has 134 valence electrons. The van der Waals surface area contributed by atoms with Gasteiger partial charge in [0.15, 0.2) is 0 Å². The molecule has 3 aromatic rings. The van der Waals surface area contributed by atoms with E-state index in [9.17, 15) is 9.59 Å². The van der Waals surface area contributed by atoms with Crippen molar-refractivity contribution in [2.24, 2.45) is 5.73 Å². The van der Waals surface area contributed by atoms with E-state index in [1.54, 1.807) is 0 Å². The van der Waals surface area contributed by atoms with Gasteiger partial charge in [-0.1, -0.05) is 72.8 Å². The number of benzene rings is 3. The average molecular weight is 351 g/mol. The zero-order valence-electron chi connectivity index (χ0n) is 14.2. The molecule has 0 heterocycles. The first kappa shape index (κ1) is 19.1. The molecule has 5 heteroatoms. The van der Waals surface area contributed by atoms with Crippen molar-refractivity contribution in [2.45, 2.75) is 18.9 Å². The molecule has 0 radical (unpaired) electrons. The van der Waals surface area contributed by atoms with Crippen molar-refractivity contribution in [1.29, 1.82) is 0 Å². The lowest BCUT2D eigenvalue weighted by Gasteiger charge is -2.04. The number of aliphatic carboxylic acids is 2. The fraction of sp³-hybridized carbons (Fsp3) is 0.143. The number of nitrogens with two attached hydrogens (primary N) is 1. The van der Waals surface area contributed by atoms with Gasteiger partial charge in [-0.25, -0.2) is 0 Å². The zero-order chi connectivity index (χ0) is 18.9. The van der Waals surface area contributed by atoms with Gasteiger partial charge in [0.2, 0.25) is 0 Å². The SMILES string of the molecule is NC(Cc1ccccc1)C(=O)O.O=C(O)Cc1ccc2ccccc2c1. The summed E-state index contributed by atoms with van der Waals surface area (Å²) in [6.07, 6.45) is 0.473. The minimum absolute atomic E-state index is 0.0881. The molecule has 3 rings (SSSR count). The Bertz CT molecular complexity index is 877. The van der Waals surface area contributed by atoms with Crippen LogP contribution in [0.1, 0.15) is 11.1 Å². The number of carboxylic acids is 2. The Morgan fingerprint density at radius 1 is 0.808 bits per heavy atom. The molecule has 0 aliphatic rings. The molecule has 26 heavy (non-hydrogen) atoms. The monoisotopic (exact) mass is 351 g/mol. The van der Waals surface area contributed by atoms with E-state index >= 15 is 0 Å². The molecule has 0 saturated heterocycles. The van der Waals surface area contributed by atoms with Crippen LogP contribution in [-0.2, 0) is 22.4 Å². The van der Waals surface area contributed by atoms with Gasteiger partial charge in [-0.3, -0.25) is 9.59 Å². The molecule has 0 aromatic heterocycles. The minimum Gasteiger partial charge on any atom is -0.481 e. The van der Waals surface area contributed by atoms with Crippen LogP contribution in [-0.4, -0.2) is 28.2 Å². The lowest BCUT2D eigenvalue weighted by Crippen LogP contribution is -2.32. The van der Waals surface area contributed by atoms with Crippen molar-refractivity contribution in [2.75, 3.05) is 0 Å². The highest BCUT2D eigenvalue weighted by Crippen LogP contribution is 2.15. The van der Waals surface area contributed by atoms with Gasteiger partial charge in [0, 0.05) is 0 Å². The van der Waals surface area contributed by atoms with Crippen molar-refractivity contribution in [3.05, 3.63) is 83.9 Å². The largest absolute Gasteiger partial charge is 0.481 e. The van der Waals surface area contributed by atoms with E-state index in [0.29, 0.717) is 6.42 Å². The van der Waals surface area contributed by atoms with E-state index in [1.165, 1.54) is 0 Å². The molecule has 1 atom stereocenters. The summed E-state index contributed by atoms with van der Waals surface area (Å²) < 4.78 is 0. The van der Waals surface area contributed by atoms with Gasteiger partial charge in [-0.2, -0.15) is 0 Å². The number of rotatable bonds is 5. The third-order valence-corrected chi connectivity index (χ3v) is 3.78. The molecule has 0 aliphatic heterocycles. The molecule has 1 unspecified atom stereocenters. The van der Waals surface area contributed by atoms with Gasteiger partial charge in [-0.05, 0) is 28.3 Å². The fourth-order valence-electron chi connectivity index (χ4n) is 2.48. The van der Waals surface area contributed by atoms with Crippen LogP contribution in [0.2, 0.25) is 0 Å². The summed E-state index contributed by atoms with van der Waals surface area (Å²) in [7, 11) is 0. The maximum atomic E-state index is 10.5. The van der Waals surface area contributed by atoms with Crippen LogP contribution in [0.25, 0.3) is 10.8 Å². The molecule has 0 fully saturated rings. The Morgan fingerprint density at radius 2 is 1.42 bits per heavy atom. The highest BCUT2D eigenvalue weighted by atomic mass is 16.4. The Labute approximate surface area is 151 Å². The molecule has 0 spiro atoms. The topological polar surface area (TPSA) is 101 Å². The summed E-state index contributed by atoms with van der Waals surface area (Å²) in [5.41, 5.74) is 7.14. The van der Waals surface area contributed by atoms with Crippen molar-refractivity contribution >= 4 is 22.7 Å². The predicted molar refractivity (Wildman–Crippen MR) is 101 cm³/mol. The van der Waals surface area contributed by atoms with Gasteiger partial charge in [0.1, 0.15) is 6.04 Å². The second-order valence-corrected chi connectivity index (χ2v) is 5.89. The second kappa shape index (κ2) is 9.34. The first-order chi connectivity index (χ1) is 12.5. The lowest BCUT2D eigenvalue weighted by atomic mass is 10.1. The van der Waals surface area contributed by atoms with E-state index in [-0.39, 0.29) is 6.42 Å². The third kappa shape index (κ3) is 6.03. The van der Waals surface area contributed by atoms with Crippen LogP contribution in [0.5, 0.6) is 0 Å². The molecule has 0 aliphatic carbocycles. The molecule has 0 amide bonds. The number of carboxylic acid groups (broad SMARTS) is 2. The smallest absolute Gasteiger partial charge is 0.320 e. The van der Waals surface area contributed by atoms with E-state index < -0.39 is 18.0 Å². The van der Waals surface area contributed by atoms with Crippen molar-refractivity contribution in [3.63, 3.8) is 0 Å². The molecular weight excluding hydrogens is 330 g/mol. The van der Waals surface area contributed by atoms with E-state index in [0.717, 1.165) is 21.9 Å². The summed E-state index contributed by atoms with van der Waals surface area (Å²) in [5, 5.41) is 19.4. The van der Waals surface area contributed by atoms with Crippen LogP contribution in [0, 0.1) is 0 Å². The summed E-state index contributed by atoms with van der Waals surface area (Å²) in [5.74, 6) is -1.75. The number of hydrogen-bond acceptors (Lipinski definition) is 3. The fourth-order valence-corrected chi connectivity index (χ4v) is 2.48. The van der Waals surface area contributed by atoms with Crippen LogP contribution in [0.15, 0.2) is 72.8 Å².